The summed E-state index contributed by atoms with van der Waals surface area (Å²) in [6.07, 6.45) is 2.19. The first kappa shape index (κ1) is 21.0. The summed E-state index contributed by atoms with van der Waals surface area (Å²) >= 11 is 0. The lowest BCUT2D eigenvalue weighted by atomic mass is 10.0. The van der Waals surface area contributed by atoms with Gasteiger partial charge in [0.1, 0.15) is 5.82 Å². The summed E-state index contributed by atoms with van der Waals surface area (Å²) < 4.78 is 39.1. The molecule has 4 rings (SSSR count). The summed E-state index contributed by atoms with van der Waals surface area (Å²) in [7, 11) is -3.47. The summed E-state index contributed by atoms with van der Waals surface area (Å²) in [5, 5.41) is 2.90. The summed E-state index contributed by atoms with van der Waals surface area (Å²) in [5.41, 5.74) is 0.552. The van der Waals surface area contributed by atoms with Crippen LogP contribution in [0.25, 0.3) is 0 Å². The maximum Gasteiger partial charge on any atom is 0.235 e. The fourth-order valence-corrected chi connectivity index (χ4v) is 5.64. The number of para-hydroxylation sites is 1. The Hall–Kier alpha value is -2.20. The second-order valence-electron chi connectivity index (χ2n) is 8.42. The molecule has 8 nitrogen and oxygen atoms in total. The molecule has 2 heterocycles. The molecule has 0 aromatic heterocycles. The van der Waals surface area contributed by atoms with Crippen molar-refractivity contribution in [2.24, 2.45) is 11.8 Å². The fourth-order valence-electron chi connectivity index (χ4n) is 4.83. The van der Waals surface area contributed by atoms with Gasteiger partial charge in [-0.2, -0.15) is 4.31 Å². The number of hydrogen-bond acceptors (Lipinski definition) is 5. The molecule has 1 N–H and O–H groups in total. The summed E-state index contributed by atoms with van der Waals surface area (Å²) in [4.78, 5) is 29.0. The van der Waals surface area contributed by atoms with E-state index in [1.165, 1.54) is 10.4 Å². The number of halogens is 1. The standard InChI is InChI=1S/C20H27FN4O4S/c1-30(28,29)25-12-15-10-14(11-17(15)22-19(26)13-25)20(27)24-8-6-23(7-9-24)18-5-3-2-4-16(18)21/h2-5,14-15,17H,6-13H2,1H3,(H,22,26)/t14-,15+,17+/m0/s1. The fraction of sp³-hybridized carbons (Fsp3) is 0.600. The third kappa shape index (κ3) is 4.29. The van der Waals surface area contributed by atoms with Gasteiger partial charge < -0.3 is 15.1 Å². The molecule has 2 saturated heterocycles. The molecule has 0 unspecified atom stereocenters. The zero-order valence-corrected chi connectivity index (χ0v) is 17.8. The molecule has 1 aromatic carbocycles. The predicted octanol–water partition coefficient (Wildman–Crippen LogP) is 0.261. The van der Waals surface area contributed by atoms with Gasteiger partial charge in [0, 0.05) is 44.7 Å². The van der Waals surface area contributed by atoms with Gasteiger partial charge in [-0.05, 0) is 30.9 Å². The topological polar surface area (TPSA) is 90.0 Å². The van der Waals surface area contributed by atoms with Crippen molar-refractivity contribution in [2.45, 2.75) is 18.9 Å². The van der Waals surface area contributed by atoms with Crippen LogP contribution in [-0.4, -0.2) is 81.0 Å². The van der Waals surface area contributed by atoms with Crippen molar-refractivity contribution in [2.75, 3.05) is 50.4 Å². The summed E-state index contributed by atoms with van der Waals surface area (Å²) in [6.45, 7) is 2.24. The van der Waals surface area contributed by atoms with Gasteiger partial charge in [-0.3, -0.25) is 9.59 Å². The van der Waals surface area contributed by atoms with Crippen LogP contribution in [0.1, 0.15) is 12.8 Å². The van der Waals surface area contributed by atoms with Crippen molar-refractivity contribution in [1.29, 1.82) is 0 Å². The maximum absolute atomic E-state index is 14.0. The molecule has 2 amide bonds. The molecule has 0 bridgehead atoms. The predicted molar refractivity (Wildman–Crippen MR) is 110 cm³/mol. The monoisotopic (exact) mass is 438 g/mol. The Balaban J connectivity index is 1.37. The highest BCUT2D eigenvalue weighted by Gasteiger charge is 2.44. The number of carbonyl (C=O) groups is 2. The number of carbonyl (C=O) groups excluding carboxylic acids is 2. The smallest absolute Gasteiger partial charge is 0.235 e. The number of benzene rings is 1. The molecule has 3 atom stereocenters. The quantitative estimate of drug-likeness (QED) is 0.731. The van der Waals surface area contributed by atoms with Crippen LogP contribution in [-0.2, 0) is 19.6 Å². The van der Waals surface area contributed by atoms with E-state index in [1.54, 1.807) is 18.2 Å². The molecular weight excluding hydrogens is 411 g/mol. The third-order valence-corrected chi connectivity index (χ3v) is 7.62. The molecule has 164 valence electrons. The number of amides is 2. The second-order valence-corrected chi connectivity index (χ2v) is 10.4. The normalized spacial score (nSPS) is 28.1. The Bertz CT molecular complexity index is 932. The zero-order valence-electron chi connectivity index (χ0n) is 17.0. The average molecular weight is 439 g/mol. The van der Waals surface area contributed by atoms with E-state index in [4.69, 9.17) is 0 Å². The molecular formula is C20H27FN4O4S. The van der Waals surface area contributed by atoms with Crippen molar-refractivity contribution in [1.82, 2.24) is 14.5 Å². The number of rotatable bonds is 3. The largest absolute Gasteiger partial charge is 0.366 e. The highest BCUT2D eigenvalue weighted by molar-refractivity contribution is 7.88. The van der Waals surface area contributed by atoms with Gasteiger partial charge in [0.05, 0.1) is 18.5 Å². The molecule has 1 saturated carbocycles. The van der Waals surface area contributed by atoms with Crippen LogP contribution in [0.2, 0.25) is 0 Å². The molecule has 2 aliphatic heterocycles. The number of piperazine rings is 1. The van der Waals surface area contributed by atoms with Gasteiger partial charge in [0.2, 0.25) is 21.8 Å². The number of nitrogens with zero attached hydrogens (tertiary/aromatic N) is 3. The van der Waals surface area contributed by atoms with E-state index in [9.17, 15) is 22.4 Å². The lowest BCUT2D eigenvalue weighted by Crippen LogP contribution is -2.50. The van der Waals surface area contributed by atoms with Gasteiger partial charge in [-0.15, -0.1) is 0 Å². The Kier molecular flexibility index (Phi) is 5.71. The number of sulfonamides is 1. The van der Waals surface area contributed by atoms with E-state index >= 15 is 0 Å². The summed E-state index contributed by atoms with van der Waals surface area (Å²) in [6, 6.07) is 6.45. The number of fused-ring (bicyclic) bond motifs is 1. The highest BCUT2D eigenvalue weighted by atomic mass is 32.2. The van der Waals surface area contributed by atoms with Crippen molar-refractivity contribution in [3.63, 3.8) is 0 Å². The van der Waals surface area contributed by atoms with Crippen molar-refractivity contribution >= 4 is 27.5 Å². The number of anilines is 1. The van der Waals surface area contributed by atoms with Crippen LogP contribution in [0.3, 0.4) is 0 Å². The van der Waals surface area contributed by atoms with E-state index in [2.05, 4.69) is 5.32 Å². The van der Waals surface area contributed by atoms with E-state index in [0.717, 1.165) is 6.26 Å². The van der Waals surface area contributed by atoms with Crippen molar-refractivity contribution in [3.8, 4) is 0 Å². The van der Waals surface area contributed by atoms with Crippen LogP contribution >= 0.6 is 0 Å². The minimum Gasteiger partial charge on any atom is -0.366 e. The van der Waals surface area contributed by atoms with Crippen LogP contribution in [0, 0.1) is 17.7 Å². The van der Waals surface area contributed by atoms with E-state index in [1.807, 2.05) is 9.80 Å². The molecule has 1 aromatic rings. The van der Waals surface area contributed by atoms with Crippen LogP contribution in [0.5, 0.6) is 0 Å². The Labute approximate surface area is 176 Å². The average Bonchev–Trinajstić information content (AvgIpc) is 3.01. The van der Waals surface area contributed by atoms with Gasteiger partial charge >= 0.3 is 0 Å². The third-order valence-electron chi connectivity index (χ3n) is 6.40. The molecule has 30 heavy (non-hydrogen) atoms. The zero-order chi connectivity index (χ0) is 21.5. The second kappa shape index (κ2) is 8.14. The van der Waals surface area contributed by atoms with Gasteiger partial charge in [0.15, 0.2) is 0 Å². The SMILES string of the molecule is CS(=O)(=O)N1CC(=O)N[C@@H]2C[C@@H](C(=O)N3CCN(c4ccccc4F)CC3)C[C@@H]2C1. The van der Waals surface area contributed by atoms with Crippen LogP contribution < -0.4 is 10.2 Å². The van der Waals surface area contributed by atoms with Crippen molar-refractivity contribution < 1.29 is 22.4 Å². The minimum absolute atomic E-state index is 0.0383. The minimum atomic E-state index is -3.47. The Morgan fingerprint density at radius 3 is 2.50 bits per heavy atom. The van der Waals surface area contributed by atoms with E-state index in [0.29, 0.717) is 44.7 Å². The molecule has 3 aliphatic rings. The molecule has 3 fully saturated rings. The Morgan fingerprint density at radius 1 is 1.13 bits per heavy atom. The first-order valence-corrected chi connectivity index (χ1v) is 12.1. The van der Waals surface area contributed by atoms with Gasteiger partial charge in [-0.25, -0.2) is 12.8 Å². The molecule has 0 radical (unpaired) electrons. The number of hydrogen-bond donors (Lipinski definition) is 1. The lowest BCUT2D eigenvalue weighted by molar-refractivity contribution is -0.136. The molecule has 0 spiro atoms. The summed E-state index contributed by atoms with van der Waals surface area (Å²) in [5.74, 6) is -0.852. The molecule has 10 heteroatoms. The molecule has 1 aliphatic carbocycles. The van der Waals surface area contributed by atoms with Gasteiger partial charge in [-0.1, -0.05) is 12.1 Å². The van der Waals surface area contributed by atoms with E-state index < -0.39 is 10.0 Å². The van der Waals surface area contributed by atoms with Crippen LogP contribution in [0.15, 0.2) is 24.3 Å². The van der Waals surface area contributed by atoms with E-state index in [-0.39, 0.29) is 48.6 Å². The van der Waals surface area contributed by atoms with Crippen LogP contribution in [0.4, 0.5) is 10.1 Å². The first-order chi connectivity index (χ1) is 14.2. The van der Waals surface area contributed by atoms with Gasteiger partial charge in [0.25, 0.3) is 0 Å². The highest BCUT2D eigenvalue weighted by Crippen LogP contribution is 2.35. The first-order valence-electron chi connectivity index (χ1n) is 10.2. The maximum atomic E-state index is 14.0. The number of nitrogens with one attached hydrogen (secondary N) is 1. The lowest BCUT2D eigenvalue weighted by Gasteiger charge is -2.37. The van der Waals surface area contributed by atoms with Crippen molar-refractivity contribution in [3.05, 3.63) is 30.1 Å². The Morgan fingerprint density at radius 2 is 1.83 bits per heavy atom.